The average Bonchev–Trinajstić information content (AvgIpc) is 2.62. The van der Waals surface area contributed by atoms with Crippen molar-refractivity contribution in [2.45, 2.75) is 18.9 Å². The molecule has 2 aromatic rings. The Morgan fingerprint density at radius 2 is 1.89 bits per heavy atom. The molecule has 96 valence electrons. The minimum atomic E-state index is -0.755. The van der Waals surface area contributed by atoms with Gasteiger partial charge in [0.15, 0.2) is 0 Å². The maximum absolute atomic E-state index is 13.0. The summed E-state index contributed by atoms with van der Waals surface area (Å²) in [4.78, 5) is 3.98. The lowest BCUT2D eigenvalue weighted by atomic mass is 10.1. The van der Waals surface area contributed by atoms with Gasteiger partial charge in [-0.1, -0.05) is 0 Å². The molecule has 0 amide bonds. The third-order valence-electron chi connectivity index (χ3n) is 2.62. The van der Waals surface area contributed by atoms with Crippen molar-refractivity contribution in [3.05, 3.63) is 47.5 Å². The van der Waals surface area contributed by atoms with Crippen LogP contribution in [0.25, 0.3) is 0 Å². The quantitative estimate of drug-likeness (QED) is 0.892. The fraction of sp³-hybridized carbons (Fsp3) is 0.333. The van der Waals surface area contributed by atoms with Gasteiger partial charge in [0, 0.05) is 19.5 Å². The molecule has 0 spiro atoms. The van der Waals surface area contributed by atoms with E-state index in [1.807, 2.05) is 0 Å². The molecule has 4 nitrogen and oxygen atoms in total. The van der Waals surface area contributed by atoms with E-state index in [1.165, 1.54) is 18.5 Å². The zero-order valence-corrected chi connectivity index (χ0v) is 9.85. The number of halogens is 2. The van der Waals surface area contributed by atoms with Crippen molar-refractivity contribution in [2.24, 2.45) is 7.05 Å². The van der Waals surface area contributed by atoms with Crippen molar-refractivity contribution in [3.63, 3.8) is 0 Å². The summed E-state index contributed by atoms with van der Waals surface area (Å²) in [7, 11) is 1.72. The van der Waals surface area contributed by atoms with Crippen LogP contribution in [0.15, 0.2) is 24.5 Å². The van der Waals surface area contributed by atoms with Crippen LogP contribution in [0.3, 0.4) is 0 Å². The average molecular weight is 253 g/mol. The highest BCUT2D eigenvalue weighted by Gasteiger charge is 2.12. The number of benzene rings is 1. The smallest absolute Gasteiger partial charge is 0.138 e. The van der Waals surface area contributed by atoms with Gasteiger partial charge in [-0.2, -0.15) is 5.10 Å². The van der Waals surface area contributed by atoms with Crippen molar-refractivity contribution in [1.29, 1.82) is 0 Å². The van der Waals surface area contributed by atoms with Crippen molar-refractivity contribution < 1.29 is 13.9 Å². The van der Waals surface area contributed by atoms with Crippen molar-refractivity contribution in [3.8, 4) is 0 Å². The van der Waals surface area contributed by atoms with E-state index in [9.17, 15) is 13.9 Å². The van der Waals surface area contributed by atoms with E-state index in [-0.39, 0.29) is 12.8 Å². The van der Waals surface area contributed by atoms with E-state index in [0.717, 1.165) is 6.07 Å². The predicted molar refractivity (Wildman–Crippen MR) is 60.8 cm³/mol. The van der Waals surface area contributed by atoms with Crippen LogP contribution in [0.2, 0.25) is 0 Å². The van der Waals surface area contributed by atoms with Gasteiger partial charge in [0.1, 0.15) is 23.8 Å². The number of aromatic nitrogens is 3. The van der Waals surface area contributed by atoms with Gasteiger partial charge >= 0.3 is 0 Å². The highest BCUT2D eigenvalue weighted by molar-refractivity contribution is 5.18. The van der Waals surface area contributed by atoms with Crippen LogP contribution < -0.4 is 0 Å². The van der Waals surface area contributed by atoms with Crippen LogP contribution in [0.1, 0.15) is 11.4 Å². The molecule has 1 atom stereocenters. The molecule has 6 heteroatoms. The monoisotopic (exact) mass is 253 g/mol. The van der Waals surface area contributed by atoms with E-state index < -0.39 is 17.7 Å². The van der Waals surface area contributed by atoms with Crippen LogP contribution in [0.4, 0.5) is 8.78 Å². The van der Waals surface area contributed by atoms with Crippen LogP contribution >= 0.6 is 0 Å². The first-order chi connectivity index (χ1) is 8.54. The van der Waals surface area contributed by atoms with Crippen molar-refractivity contribution in [1.82, 2.24) is 14.8 Å². The van der Waals surface area contributed by atoms with Gasteiger partial charge in [0.2, 0.25) is 0 Å². The number of aliphatic hydroxyl groups is 1. The summed E-state index contributed by atoms with van der Waals surface area (Å²) in [6.07, 6.45) is 1.09. The lowest BCUT2D eigenvalue weighted by Gasteiger charge is -2.10. The molecule has 18 heavy (non-hydrogen) atoms. The molecule has 0 aliphatic rings. The molecule has 1 aromatic heterocycles. The van der Waals surface area contributed by atoms with Gasteiger partial charge < -0.3 is 5.11 Å². The van der Waals surface area contributed by atoms with Crippen LogP contribution in [0.5, 0.6) is 0 Å². The molecular formula is C12H13F2N3O. The highest BCUT2D eigenvalue weighted by Crippen LogP contribution is 2.11. The Kier molecular flexibility index (Phi) is 3.66. The topological polar surface area (TPSA) is 50.9 Å². The standard InChI is InChI=1S/C12H13F2N3O/c1-17-12(15-7-16-17)6-11(18)4-8-2-9(13)5-10(14)3-8/h2-3,5,7,11,18H,4,6H2,1H3. The summed E-state index contributed by atoms with van der Waals surface area (Å²) < 4.78 is 27.5. The summed E-state index contributed by atoms with van der Waals surface area (Å²) in [5, 5.41) is 13.7. The zero-order valence-electron chi connectivity index (χ0n) is 9.85. The summed E-state index contributed by atoms with van der Waals surface area (Å²) in [6.45, 7) is 0. The molecule has 1 unspecified atom stereocenters. The molecule has 0 aliphatic carbocycles. The fourth-order valence-electron chi connectivity index (χ4n) is 1.79. The number of hydrogen-bond acceptors (Lipinski definition) is 3. The number of nitrogens with zero attached hydrogens (tertiary/aromatic N) is 3. The third kappa shape index (κ3) is 3.10. The van der Waals surface area contributed by atoms with Crippen LogP contribution in [0, 0.1) is 11.6 Å². The minimum Gasteiger partial charge on any atom is -0.392 e. The molecule has 0 saturated carbocycles. The molecular weight excluding hydrogens is 240 g/mol. The van der Waals surface area contributed by atoms with Gasteiger partial charge in [0.05, 0.1) is 6.10 Å². The summed E-state index contributed by atoms with van der Waals surface area (Å²) >= 11 is 0. The normalized spacial score (nSPS) is 12.7. The minimum absolute atomic E-state index is 0.168. The van der Waals surface area contributed by atoms with Gasteiger partial charge in [-0.15, -0.1) is 0 Å². The van der Waals surface area contributed by atoms with E-state index in [0.29, 0.717) is 11.4 Å². The van der Waals surface area contributed by atoms with E-state index in [4.69, 9.17) is 0 Å². The first-order valence-electron chi connectivity index (χ1n) is 5.50. The number of aliphatic hydroxyl groups excluding tert-OH is 1. The lowest BCUT2D eigenvalue weighted by molar-refractivity contribution is 0.171. The Hall–Kier alpha value is -1.82. The molecule has 1 heterocycles. The summed E-state index contributed by atoms with van der Waals surface area (Å²) in [5.74, 6) is -0.661. The van der Waals surface area contributed by atoms with Gasteiger partial charge in [-0.25, -0.2) is 13.8 Å². The molecule has 0 radical (unpaired) electrons. The van der Waals surface area contributed by atoms with Gasteiger partial charge in [-0.05, 0) is 24.1 Å². The molecule has 0 bridgehead atoms. The van der Waals surface area contributed by atoms with E-state index >= 15 is 0 Å². The van der Waals surface area contributed by atoms with Crippen LogP contribution in [-0.4, -0.2) is 26.0 Å². The largest absolute Gasteiger partial charge is 0.392 e. The summed E-state index contributed by atoms with van der Waals surface area (Å²) in [5.41, 5.74) is 0.419. The first-order valence-corrected chi connectivity index (χ1v) is 5.50. The Labute approximate surface area is 103 Å². The SMILES string of the molecule is Cn1ncnc1CC(O)Cc1cc(F)cc(F)c1. The van der Waals surface area contributed by atoms with Gasteiger partial charge in [-0.3, -0.25) is 4.68 Å². The number of aryl methyl sites for hydroxylation is 1. The zero-order chi connectivity index (χ0) is 13.1. The molecule has 0 saturated heterocycles. The van der Waals surface area contributed by atoms with Crippen LogP contribution in [-0.2, 0) is 19.9 Å². The first kappa shape index (κ1) is 12.6. The Bertz CT molecular complexity index is 522. The highest BCUT2D eigenvalue weighted by atomic mass is 19.1. The lowest BCUT2D eigenvalue weighted by Crippen LogP contribution is -2.17. The number of rotatable bonds is 4. The Balaban J connectivity index is 2.03. The maximum Gasteiger partial charge on any atom is 0.138 e. The second kappa shape index (κ2) is 5.22. The second-order valence-corrected chi connectivity index (χ2v) is 4.14. The van der Waals surface area contributed by atoms with Crippen molar-refractivity contribution in [2.75, 3.05) is 0 Å². The predicted octanol–water partition coefficient (Wildman–Crippen LogP) is 1.24. The molecule has 1 aromatic carbocycles. The van der Waals surface area contributed by atoms with E-state index in [1.54, 1.807) is 11.7 Å². The molecule has 2 rings (SSSR count). The molecule has 0 fully saturated rings. The maximum atomic E-state index is 13.0. The van der Waals surface area contributed by atoms with Gasteiger partial charge in [0.25, 0.3) is 0 Å². The Morgan fingerprint density at radius 3 is 2.44 bits per heavy atom. The number of hydrogen-bond donors (Lipinski definition) is 1. The Morgan fingerprint density at radius 1 is 1.22 bits per heavy atom. The summed E-state index contributed by atoms with van der Waals surface area (Å²) in [6, 6.07) is 3.23. The fourth-order valence-corrected chi connectivity index (χ4v) is 1.79. The molecule has 1 N–H and O–H groups in total. The second-order valence-electron chi connectivity index (χ2n) is 4.14. The van der Waals surface area contributed by atoms with E-state index in [2.05, 4.69) is 10.1 Å². The third-order valence-corrected chi connectivity index (χ3v) is 2.62. The molecule has 0 aliphatic heterocycles. The van der Waals surface area contributed by atoms with Crippen molar-refractivity contribution >= 4 is 0 Å².